The lowest BCUT2D eigenvalue weighted by Crippen LogP contribution is -2.24. The Morgan fingerprint density at radius 3 is 2.86 bits per heavy atom. The van der Waals surface area contributed by atoms with Crippen LogP contribution in [0.15, 0.2) is 47.7 Å². The molecular formula is C20H18FN5O3. The Bertz CT molecular complexity index is 1290. The zero-order chi connectivity index (χ0) is 20.5. The van der Waals surface area contributed by atoms with Crippen LogP contribution in [-0.2, 0) is 18.4 Å². The van der Waals surface area contributed by atoms with Crippen LogP contribution in [0.2, 0.25) is 0 Å². The van der Waals surface area contributed by atoms with Crippen molar-refractivity contribution in [3.63, 3.8) is 0 Å². The van der Waals surface area contributed by atoms with Crippen molar-refractivity contribution in [2.45, 2.75) is 13.0 Å². The molecule has 4 rings (SSSR count). The van der Waals surface area contributed by atoms with Gasteiger partial charge in [0.15, 0.2) is 0 Å². The van der Waals surface area contributed by atoms with E-state index in [1.807, 2.05) is 0 Å². The van der Waals surface area contributed by atoms with Crippen LogP contribution in [-0.4, -0.2) is 32.3 Å². The highest BCUT2D eigenvalue weighted by molar-refractivity contribution is 6.03. The molecule has 0 saturated heterocycles. The number of halogens is 1. The van der Waals surface area contributed by atoms with E-state index in [1.54, 1.807) is 30.1 Å². The van der Waals surface area contributed by atoms with Crippen LogP contribution in [0.1, 0.15) is 6.42 Å². The number of methoxy groups -OCH3 is 1. The van der Waals surface area contributed by atoms with Gasteiger partial charge in [-0.15, -0.1) is 0 Å². The zero-order valence-electron chi connectivity index (χ0n) is 15.8. The Morgan fingerprint density at radius 1 is 1.24 bits per heavy atom. The summed E-state index contributed by atoms with van der Waals surface area (Å²) in [6.07, 6.45) is 4.53. The number of anilines is 1. The van der Waals surface area contributed by atoms with Crippen molar-refractivity contribution in [1.29, 1.82) is 0 Å². The van der Waals surface area contributed by atoms with Crippen LogP contribution in [0.25, 0.3) is 21.8 Å². The fourth-order valence-corrected chi connectivity index (χ4v) is 3.40. The van der Waals surface area contributed by atoms with Gasteiger partial charge in [0.2, 0.25) is 5.91 Å². The molecule has 0 fully saturated rings. The van der Waals surface area contributed by atoms with Gasteiger partial charge in [-0.1, -0.05) is 0 Å². The lowest BCUT2D eigenvalue weighted by molar-refractivity contribution is -0.116. The average Bonchev–Trinajstić information content (AvgIpc) is 3.10. The molecule has 0 aliphatic carbocycles. The molecule has 0 radical (unpaired) electrons. The highest BCUT2D eigenvalue weighted by Gasteiger charge is 2.16. The van der Waals surface area contributed by atoms with Gasteiger partial charge in [-0.05, 0) is 18.2 Å². The summed E-state index contributed by atoms with van der Waals surface area (Å²) >= 11 is 0. The zero-order valence-corrected chi connectivity index (χ0v) is 15.8. The number of ether oxygens (including phenoxy) is 1. The molecule has 0 spiro atoms. The SMILES string of the molecule is COc1ccncc1NC(=O)CCn1c(=O)c2cnn(C)c2c2ccc(F)cc21. The molecule has 0 bridgehead atoms. The van der Waals surface area contributed by atoms with E-state index in [0.29, 0.717) is 33.2 Å². The first-order chi connectivity index (χ1) is 14.0. The molecule has 3 heterocycles. The summed E-state index contributed by atoms with van der Waals surface area (Å²) in [4.78, 5) is 29.4. The second-order valence-electron chi connectivity index (χ2n) is 6.52. The van der Waals surface area contributed by atoms with Gasteiger partial charge in [0.25, 0.3) is 5.56 Å². The van der Waals surface area contributed by atoms with Crippen molar-refractivity contribution >= 4 is 33.4 Å². The van der Waals surface area contributed by atoms with Crippen molar-refractivity contribution in [2.75, 3.05) is 12.4 Å². The minimum atomic E-state index is -0.461. The molecule has 1 aromatic carbocycles. The van der Waals surface area contributed by atoms with Crippen LogP contribution >= 0.6 is 0 Å². The molecule has 4 aromatic rings. The van der Waals surface area contributed by atoms with E-state index in [4.69, 9.17) is 4.74 Å². The third-order valence-electron chi connectivity index (χ3n) is 4.76. The number of amides is 1. The van der Waals surface area contributed by atoms with Crippen LogP contribution in [0, 0.1) is 5.82 Å². The molecule has 0 aliphatic heterocycles. The number of benzene rings is 1. The molecule has 148 valence electrons. The molecular weight excluding hydrogens is 377 g/mol. The van der Waals surface area contributed by atoms with Crippen molar-refractivity contribution in [1.82, 2.24) is 19.3 Å². The number of nitrogens with zero attached hydrogens (tertiary/aromatic N) is 4. The van der Waals surface area contributed by atoms with E-state index in [9.17, 15) is 14.0 Å². The number of carbonyl (C=O) groups is 1. The molecule has 0 aliphatic rings. The number of pyridine rings is 2. The van der Waals surface area contributed by atoms with E-state index >= 15 is 0 Å². The normalized spacial score (nSPS) is 11.1. The molecule has 0 saturated carbocycles. The largest absolute Gasteiger partial charge is 0.494 e. The van der Waals surface area contributed by atoms with Gasteiger partial charge >= 0.3 is 0 Å². The number of hydrogen-bond donors (Lipinski definition) is 1. The van der Waals surface area contributed by atoms with Gasteiger partial charge in [-0.25, -0.2) is 4.39 Å². The van der Waals surface area contributed by atoms with Crippen molar-refractivity contribution < 1.29 is 13.9 Å². The Kier molecular flexibility index (Phi) is 4.71. The molecule has 1 N–H and O–H groups in total. The third kappa shape index (κ3) is 3.31. The fourth-order valence-electron chi connectivity index (χ4n) is 3.40. The molecule has 3 aromatic heterocycles. The Morgan fingerprint density at radius 2 is 2.07 bits per heavy atom. The summed E-state index contributed by atoms with van der Waals surface area (Å²) in [6.45, 7) is 0.0814. The van der Waals surface area contributed by atoms with Crippen LogP contribution in [0.3, 0.4) is 0 Å². The second-order valence-corrected chi connectivity index (χ2v) is 6.52. The second kappa shape index (κ2) is 7.34. The smallest absolute Gasteiger partial charge is 0.262 e. The number of nitrogens with one attached hydrogen (secondary N) is 1. The van der Waals surface area contributed by atoms with E-state index in [0.717, 1.165) is 0 Å². The predicted octanol–water partition coefficient (Wildman–Crippen LogP) is 2.46. The molecule has 8 nitrogen and oxygen atoms in total. The highest BCUT2D eigenvalue weighted by Crippen LogP contribution is 2.24. The molecule has 9 heteroatoms. The maximum atomic E-state index is 13.9. The summed E-state index contributed by atoms with van der Waals surface area (Å²) in [5, 5.41) is 7.98. The fraction of sp³-hybridized carbons (Fsp3) is 0.200. The molecule has 1 amide bonds. The van der Waals surface area contributed by atoms with E-state index in [1.165, 1.54) is 36.2 Å². The van der Waals surface area contributed by atoms with E-state index in [2.05, 4.69) is 15.4 Å². The summed E-state index contributed by atoms with van der Waals surface area (Å²) < 4.78 is 22.1. The molecule has 29 heavy (non-hydrogen) atoms. The van der Waals surface area contributed by atoms with E-state index in [-0.39, 0.29) is 24.4 Å². The lowest BCUT2D eigenvalue weighted by atomic mass is 10.1. The Labute approximate surface area is 164 Å². The van der Waals surface area contributed by atoms with Crippen LogP contribution in [0.4, 0.5) is 10.1 Å². The number of rotatable bonds is 5. The standard InChI is InChI=1S/C20H18FN5O3/c1-25-19-13-4-3-12(21)9-16(13)26(20(28)14(19)10-23-25)8-6-18(27)24-15-11-22-7-5-17(15)29-2/h3-5,7,9-11H,6,8H2,1-2H3,(H,24,27). The monoisotopic (exact) mass is 395 g/mol. The number of carbonyl (C=O) groups excluding carboxylic acids is 1. The minimum absolute atomic E-state index is 0.00926. The topological polar surface area (TPSA) is 91.0 Å². The minimum Gasteiger partial charge on any atom is -0.494 e. The molecule has 0 unspecified atom stereocenters. The van der Waals surface area contributed by atoms with Gasteiger partial charge in [0.1, 0.15) is 17.3 Å². The van der Waals surface area contributed by atoms with Gasteiger partial charge in [-0.3, -0.25) is 19.3 Å². The summed E-state index contributed by atoms with van der Waals surface area (Å²) in [5.41, 5.74) is 1.16. The quantitative estimate of drug-likeness (QED) is 0.561. The van der Waals surface area contributed by atoms with E-state index < -0.39 is 5.82 Å². The predicted molar refractivity (Wildman–Crippen MR) is 106 cm³/mol. The van der Waals surface area contributed by atoms with Gasteiger partial charge in [-0.2, -0.15) is 5.10 Å². The number of fused-ring (bicyclic) bond motifs is 3. The molecule has 0 atom stereocenters. The van der Waals surface area contributed by atoms with Crippen LogP contribution in [0.5, 0.6) is 5.75 Å². The summed E-state index contributed by atoms with van der Waals surface area (Å²) in [6, 6.07) is 5.88. The third-order valence-corrected chi connectivity index (χ3v) is 4.76. The number of aromatic nitrogens is 4. The highest BCUT2D eigenvalue weighted by atomic mass is 19.1. The van der Waals surface area contributed by atoms with Gasteiger partial charge in [0, 0.05) is 37.7 Å². The number of hydrogen-bond acceptors (Lipinski definition) is 5. The van der Waals surface area contributed by atoms with Crippen molar-refractivity contribution in [3.05, 3.63) is 59.0 Å². The lowest BCUT2D eigenvalue weighted by Gasteiger charge is -2.13. The van der Waals surface area contributed by atoms with Crippen LogP contribution < -0.4 is 15.6 Å². The maximum absolute atomic E-state index is 13.9. The van der Waals surface area contributed by atoms with Gasteiger partial charge < -0.3 is 14.6 Å². The Hall–Kier alpha value is -3.75. The van der Waals surface area contributed by atoms with Gasteiger partial charge in [0.05, 0.1) is 35.9 Å². The average molecular weight is 395 g/mol. The first kappa shape index (κ1) is 18.6. The Balaban J connectivity index is 1.68. The first-order valence-corrected chi connectivity index (χ1v) is 8.91. The van der Waals surface area contributed by atoms with Crippen molar-refractivity contribution in [3.8, 4) is 5.75 Å². The first-order valence-electron chi connectivity index (χ1n) is 8.91. The summed E-state index contributed by atoms with van der Waals surface area (Å²) in [5.74, 6) is -0.300. The summed E-state index contributed by atoms with van der Waals surface area (Å²) in [7, 11) is 3.22. The maximum Gasteiger partial charge on any atom is 0.262 e. The van der Waals surface area contributed by atoms with Crippen molar-refractivity contribution in [2.24, 2.45) is 7.05 Å². The number of aryl methyl sites for hydroxylation is 2.